The molecular formula is C8H13ClN4O2S. The summed E-state index contributed by atoms with van der Waals surface area (Å²) in [5.41, 5.74) is 0. The van der Waals surface area contributed by atoms with Gasteiger partial charge in [-0.2, -0.15) is 4.31 Å². The minimum Gasteiger partial charge on any atom is -0.314 e. The second-order valence-electron chi connectivity index (χ2n) is 3.20. The molecule has 1 aromatic rings. The Kier molecular flexibility index (Phi) is 4.60. The molecule has 0 atom stereocenters. The number of aromatic nitrogens is 2. The standard InChI is InChI=1S/C8H12N4O2S.ClH/c13-15(14,8-7-10-1-2-11-8)12-5-3-9-4-6-12;/h1-2,7,9H,3-6H2;1H. The molecule has 2 rings (SSSR count). The van der Waals surface area contributed by atoms with Gasteiger partial charge in [0, 0.05) is 38.6 Å². The highest BCUT2D eigenvalue weighted by molar-refractivity contribution is 7.89. The Labute approximate surface area is 101 Å². The lowest BCUT2D eigenvalue weighted by molar-refractivity contribution is 0.359. The van der Waals surface area contributed by atoms with E-state index >= 15 is 0 Å². The second kappa shape index (κ2) is 5.53. The van der Waals surface area contributed by atoms with Crippen molar-refractivity contribution in [1.29, 1.82) is 0 Å². The highest BCUT2D eigenvalue weighted by Crippen LogP contribution is 2.11. The number of nitrogens with zero attached hydrogens (tertiary/aromatic N) is 3. The number of rotatable bonds is 2. The summed E-state index contributed by atoms with van der Waals surface area (Å²) in [5.74, 6) is 0. The third-order valence-corrected chi connectivity index (χ3v) is 4.00. The fourth-order valence-electron chi connectivity index (χ4n) is 1.44. The Morgan fingerprint density at radius 3 is 2.50 bits per heavy atom. The van der Waals surface area contributed by atoms with Crippen LogP contribution in [0, 0.1) is 0 Å². The molecule has 0 saturated carbocycles. The van der Waals surface area contributed by atoms with Crippen LogP contribution < -0.4 is 5.32 Å². The van der Waals surface area contributed by atoms with Crippen molar-refractivity contribution < 1.29 is 8.42 Å². The first-order valence-electron chi connectivity index (χ1n) is 4.68. The summed E-state index contributed by atoms with van der Waals surface area (Å²) in [6.45, 7) is 2.33. The summed E-state index contributed by atoms with van der Waals surface area (Å²) in [6, 6.07) is 0. The molecule has 0 amide bonds. The summed E-state index contributed by atoms with van der Waals surface area (Å²) in [5, 5.41) is 3.12. The summed E-state index contributed by atoms with van der Waals surface area (Å²) in [7, 11) is -3.44. The fraction of sp³-hybridized carbons (Fsp3) is 0.500. The van der Waals surface area contributed by atoms with E-state index in [1.807, 2.05) is 0 Å². The highest BCUT2D eigenvalue weighted by Gasteiger charge is 2.26. The molecule has 0 unspecified atom stereocenters. The van der Waals surface area contributed by atoms with E-state index in [1.165, 1.54) is 22.9 Å². The van der Waals surface area contributed by atoms with E-state index in [0.29, 0.717) is 26.2 Å². The van der Waals surface area contributed by atoms with E-state index < -0.39 is 10.0 Å². The molecule has 1 aliphatic heterocycles. The summed E-state index contributed by atoms with van der Waals surface area (Å²) in [4.78, 5) is 7.57. The molecule has 1 N–H and O–H groups in total. The van der Waals surface area contributed by atoms with Crippen LogP contribution in [0.15, 0.2) is 23.6 Å². The number of hydrogen-bond acceptors (Lipinski definition) is 5. The molecule has 0 aliphatic carbocycles. The molecule has 0 aromatic carbocycles. The molecule has 1 aromatic heterocycles. The van der Waals surface area contributed by atoms with E-state index in [4.69, 9.17) is 0 Å². The molecule has 16 heavy (non-hydrogen) atoms. The average Bonchev–Trinajstić information content (AvgIpc) is 2.31. The molecule has 0 radical (unpaired) electrons. The predicted molar refractivity (Wildman–Crippen MR) is 60.9 cm³/mol. The van der Waals surface area contributed by atoms with Crippen molar-refractivity contribution in [3.05, 3.63) is 18.6 Å². The van der Waals surface area contributed by atoms with E-state index in [9.17, 15) is 8.42 Å². The van der Waals surface area contributed by atoms with Crippen LogP contribution in [-0.2, 0) is 10.0 Å². The van der Waals surface area contributed by atoms with Crippen LogP contribution in [0.2, 0.25) is 0 Å². The lowest BCUT2D eigenvalue weighted by Gasteiger charge is -2.25. The molecule has 0 bridgehead atoms. The van der Waals surface area contributed by atoms with Crippen LogP contribution in [0.5, 0.6) is 0 Å². The molecule has 6 nitrogen and oxygen atoms in total. The Morgan fingerprint density at radius 2 is 1.94 bits per heavy atom. The van der Waals surface area contributed by atoms with Crippen LogP contribution in [0.1, 0.15) is 0 Å². The van der Waals surface area contributed by atoms with Crippen molar-refractivity contribution in [2.75, 3.05) is 26.2 Å². The van der Waals surface area contributed by atoms with Gasteiger partial charge in [-0.1, -0.05) is 0 Å². The Morgan fingerprint density at radius 1 is 1.25 bits per heavy atom. The smallest absolute Gasteiger partial charge is 0.262 e. The van der Waals surface area contributed by atoms with Gasteiger partial charge in [0.15, 0.2) is 5.03 Å². The molecule has 1 fully saturated rings. The van der Waals surface area contributed by atoms with E-state index in [2.05, 4.69) is 15.3 Å². The van der Waals surface area contributed by atoms with Crippen molar-refractivity contribution >= 4 is 22.4 Å². The quantitative estimate of drug-likeness (QED) is 0.779. The second-order valence-corrected chi connectivity index (χ2v) is 5.08. The lowest BCUT2D eigenvalue weighted by Crippen LogP contribution is -2.46. The first-order chi connectivity index (χ1) is 7.21. The molecule has 0 spiro atoms. The largest absolute Gasteiger partial charge is 0.314 e. The molecule has 8 heteroatoms. The topological polar surface area (TPSA) is 75.2 Å². The number of hydrogen-bond donors (Lipinski definition) is 1. The van der Waals surface area contributed by atoms with Gasteiger partial charge < -0.3 is 5.32 Å². The van der Waals surface area contributed by atoms with Gasteiger partial charge in [0.25, 0.3) is 10.0 Å². The monoisotopic (exact) mass is 264 g/mol. The first kappa shape index (κ1) is 13.3. The van der Waals surface area contributed by atoms with Crippen molar-refractivity contribution in [1.82, 2.24) is 19.6 Å². The van der Waals surface area contributed by atoms with Crippen molar-refractivity contribution in [2.45, 2.75) is 5.03 Å². The number of nitrogens with one attached hydrogen (secondary N) is 1. The maximum Gasteiger partial charge on any atom is 0.262 e. The summed E-state index contributed by atoms with van der Waals surface area (Å²) in [6.07, 6.45) is 4.11. The molecule has 1 aliphatic rings. The number of halogens is 1. The number of sulfonamides is 1. The SMILES string of the molecule is Cl.O=S(=O)(c1cnccn1)N1CCNCC1. The van der Waals surface area contributed by atoms with Crippen LogP contribution in [0.25, 0.3) is 0 Å². The van der Waals surface area contributed by atoms with Crippen molar-refractivity contribution in [3.63, 3.8) is 0 Å². The van der Waals surface area contributed by atoms with Gasteiger partial charge in [0.1, 0.15) is 0 Å². The average molecular weight is 265 g/mol. The van der Waals surface area contributed by atoms with E-state index in [0.717, 1.165) is 0 Å². The van der Waals surface area contributed by atoms with Crippen LogP contribution in [0.4, 0.5) is 0 Å². The Hall–Kier alpha value is -0.760. The van der Waals surface area contributed by atoms with E-state index in [-0.39, 0.29) is 17.4 Å². The van der Waals surface area contributed by atoms with Crippen molar-refractivity contribution in [3.8, 4) is 0 Å². The molecule has 2 heterocycles. The minimum absolute atomic E-state index is 0. The maximum atomic E-state index is 12.0. The fourth-order valence-corrected chi connectivity index (χ4v) is 2.75. The van der Waals surface area contributed by atoms with Crippen LogP contribution in [-0.4, -0.2) is 48.9 Å². The van der Waals surface area contributed by atoms with Gasteiger partial charge in [-0.3, -0.25) is 4.98 Å². The van der Waals surface area contributed by atoms with Gasteiger partial charge in [-0.25, -0.2) is 13.4 Å². The van der Waals surface area contributed by atoms with Crippen LogP contribution >= 0.6 is 12.4 Å². The zero-order chi connectivity index (χ0) is 10.7. The maximum absolute atomic E-state index is 12.0. The van der Waals surface area contributed by atoms with Gasteiger partial charge in [-0.15, -0.1) is 12.4 Å². The first-order valence-corrected chi connectivity index (χ1v) is 6.12. The summed E-state index contributed by atoms with van der Waals surface area (Å²) < 4.78 is 25.4. The Balaban J connectivity index is 0.00000128. The third kappa shape index (κ3) is 2.67. The van der Waals surface area contributed by atoms with Gasteiger partial charge in [-0.05, 0) is 0 Å². The summed E-state index contributed by atoms with van der Waals surface area (Å²) >= 11 is 0. The van der Waals surface area contributed by atoms with E-state index in [1.54, 1.807) is 0 Å². The normalized spacial score (nSPS) is 17.8. The van der Waals surface area contributed by atoms with Gasteiger partial charge in [0.2, 0.25) is 0 Å². The van der Waals surface area contributed by atoms with Crippen LogP contribution in [0.3, 0.4) is 0 Å². The Bertz CT molecular complexity index is 419. The predicted octanol–water partition coefficient (Wildman–Crippen LogP) is -0.508. The zero-order valence-corrected chi connectivity index (χ0v) is 10.2. The lowest BCUT2D eigenvalue weighted by atomic mass is 10.4. The highest BCUT2D eigenvalue weighted by atomic mass is 35.5. The van der Waals surface area contributed by atoms with Crippen molar-refractivity contribution in [2.24, 2.45) is 0 Å². The zero-order valence-electron chi connectivity index (χ0n) is 8.54. The third-order valence-electron chi connectivity index (χ3n) is 2.22. The molecule has 90 valence electrons. The minimum atomic E-state index is -3.44. The van der Waals surface area contributed by atoms with Gasteiger partial charge >= 0.3 is 0 Å². The number of piperazine rings is 1. The molecule has 1 saturated heterocycles. The van der Waals surface area contributed by atoms with Gasteiger partial charge in [0.05, 0.1) is 6.20 Å². The molecular weight excluding hydrogens is 252 g/mol.